The van der Waals surface area contributed by atoms with Crippen LogP contribution in [0.3, 0.4) is 0 Å². The van der Waals surface area contributed by atoms with Crippen molar-refractivity contribution in [2.45, 2.75) is 18.3 Å². The number of fused-ring (bicyclic) bond motifs is 12. The van der Waals surface area contributed by atoms with Crippen molar-refractivity contribution in [3.8, 4) is 11.3 Å². The molecule has 2 heteroatoms. The van der Waals surface area contributed by atoms with Gasteiger partial charge in [-0.25, -0.2) is 4.98 Å². The van der Waals surface area contributed by atoms with E-state index in [-0.39, 0.29) is 0 Å². The maximum atomic E-state index is 5.26. The summed E-state index contributed by atoms with van der Waals surface area (Å²) in [6, 6.07) is 28.6. The van der Waals surface area contributed by atoms with E-state index in [2.05, 4.69) is 78.9 Å². The van der Waals surface area contributed by atoms with Crippen molar-refractivity contribution in [3.05, 3.63) is 101 Å². The highest BCUT2D eigenvalue weighted by Crippen LogP contribution is 2.61. The fraction of sp³-hybridized carbons (Fsp3) is 0.115. The van der Waals surface area contributed by atoms with Gasteiger partial charge in [-0.15, -0.1) is 11.3 Å². The summed E-state index contributed by atoms with van der Waals surface area (Å²) in [6.45, 7) is 0. The maximum absolute atomic E-state index is 5.26. The Morgan fingerprint density at radius 3 is 2.21 bits per heavy atom. The zero-order valence-corrected chi connectivity index (χ0v) is 16.0. The zero-order chi connectivity index (χ0) is 18.2. The summed E-state index contributed by atoms with van der Waals surface area (Å²) in [5, 5.41) is 2.77. The number of aromatic nitrogens is 1. The first kappa shape index (κ1) is 15.0. The van der Waals surface area contributed by atoms with Gasteiger partial charge >= 0.3 is 0 Å². The van der Waals surface area contributed by atoms with Crippen molar-refractivity contribution in [2.24, 2.45) is 0 Å². The van der Waals surface area contributed by atoms with Crippen molar-refractivity contribution >= 4 is 31.6 Å². The van der Waals surface area contributed by atoms with Gasteiger partial charge in [0.05, 0.1) is 5.69 Å². The molecule has 2 aliphatic carbocycles. The first-order valence-electron chi connectivity index (χ1n) is 9.89. The van der Waals surface area contributed by atoms with Crippen LogP contribution in [0.15, 0.2) is 78.9 Å². The Hall–Kier alpha value is -2.97. The molecule has 2 heterocycles. The minimum Gasteiger partial charge on any atom is -0.237 e. The third-order valence-electron chi connectivity index (χ3n) is 6.57. The minimum absolute atomic E-state index is 0.474. The van der Waals surface area contributed by atoms with Crippen molar-refractivity contribution in [1.29, 1.82) is 0 Å². The molecule has 5 aromatic rings. The lowest BCUT2D eigenvalue weighted by Crippen LogP contribution is -2.06. The lowest BCUT2D eigenvalue weighted by molar-refractivity contribution is 0.797. The van der Waals surface area contributed by atoms with Crippen LogP contribution in [0.25, 0.3) is 31.6 Å². The quantitative estimate of drug-likeness (QED) is 0.304. The summed E-state index contributed by atoms with van der Waals surface area (Å²) in [5.74, 6) is 0.976. The van der Waals surface area contributed by atoms with E-state index >= 15 is 0 Å². The molecule has 2 unspecified atom stereocenters. The summed E-state index contributed by atoms with van der Waals surface area (Å²) in [4.78, 5) is 6.45. The Morgan fingerprint density at radius 2 is 1.39 bits per heavy atom. The van der Waals surface area contributed by atoms with Crippen LogP contribution in [0.2, 0.25) is 0 Å². The lowest BCUT2D eigenvalue weighted by Gasteiger charge is -2.22. The predicted octanol–water partition coefficient (Wildman–Crippen LogP) is 7.10. The van der Waals surface area contributed by atoms with Crippen molar-refractivity contribution in [1.82, 2.24) is 4.98 Å². The highest BCUT2D eigenvalue weighted by atomic mass is 32.1. The average Bonchev–Trinajstić information content (AvgIpc) is 3.43. The zero-order valence-electron chi connectivity index (χ0n) is 15.2. The topological polar surface area (TPSA) is 12.9 Å². The first-order valence-corrected chi connectivity index (χ1v) is 10.7. The molecule has 3 aromatic carbocycles. The molecule has 1 nitrogen and oxygen atoms in total. The van der Waals surface area contributed by atoms with Crippen LogP contribution in [0, 0.1) is 0 Å². The van der Waals surface area contributed by atoms with Gasteiger partial charge < -0.3 is 0 Å². The van der Waals surface area contributed by atoms with E-state index in [0.717, 1.165) is 0 Å². The third-order valence-corrected chi connectivity index (χ3v) is 7.63. The molecule has 0 N–H and O–H groups in total. The van der Waals surface area contributed by atoms with Crippen molar-refractivity contribution < 1.29 is 0 Å². The summed E-state index contributed by atoms with van der Waals surface area (Å²) < 4.78 is 1.34. The molecule has 0 saturated carbocycles. The molecule has 28 heavy (non-hydrogen) atoms. The Bertz CT molecular complexity index is 1400. The van der Waals surface area contributed by atoms with Gasteiger partial charge in [0.15, 0.2) is 0 Å². The van der Waals surface area contributed by atoms with E-state index < -0.39 is 0 Å². The molecule has 2 aliphatic rings. The second-order valence-corrected chi connectivity index (χ2v) is 8.93. The summed E-state index contributed by atoms with van der Waals surface area (Å²) in [6.07, 6.45) is 1.19. The first-order chi connectivity index (χ1) is 13.9. The van der Waals surface area contributed by atoms with Gasteiger partial charge in [-0.05, 0) is 34.7 Å². The minimum atomic E-state index is 0.474. The Labute approximate surface area is 167 Å². The molecule has 0 spiro atoms. The van der Waals surface area contributed by atoms with Gasteiger partial charge in [-0.2, -0.15) is 0 Å². The summed E-state index contributed by atoms with van der Waals surface area (Å²) >= 11 is 1.83. The molecule has 0 radical (unpaired) electrons. The van der Waals surface area contributed by atoms with E-state index in [0.29, 0.717) is 11.8 Å². The lowest BCUT2D eigenvalue weighted by atomic mass is 9.82. The van der Waals surface area contributed by atoms with Crippen LogP contribution in [-0.2, 0) is 0 Å². The Balaban J connectivity index is 1.66. The van der Waals surface area contributed by atoms with E-state index in [1.54, 1.807) is 5.56 Å². The number of pyridine rings is 1. The number of nitrogens with zero attached hydrogens (tertiary/aromatic N) is 1. The van der Waals surface area contributed by atoms with Gasteiger partial charge in [0.1, 0.15) is 4.83 Å². The summed E-state index contributed by atoms with van der Waals surface area (Å²) in [5.41, 5.74) is 8.50. The fourth-order valence-electron chi connectivity index (χ4n) is 5.51. The number of hydrogen-bond donors (Lipinski definition) is 0. The Morgan fingerprint density at radius 1 is 0.714 bits per heavy atom. The molecular formula is C26H17NS. The molecule has 132 valence electrons. The number of hydrogen-bond acceptors (Lipinski definition) is 2. The highest BCUT2D eigenvalue weighted by molar-refractivity contribution is 7.25. The summed E-state index contributed by atoms with van der Waals surface area (Å²) in [7, 11) is 0. The molecule has 0 aliphatic heterocycles. The van der Waals surface area contributed by atoms with E-state index in [1.165, 1.54) is 54.7 Å². The van der Waals surface area contributed by atoms with Crippen LogP contribution in [0.5, 0.6) is 0 Å². The molecule has 0 saturated heterocycles. The van der Waals surface area contributed by atoms with Gasteiger partial charge in [-0.3, -0.25) is 0 Å². The third kappa shape index (κ3) is 1.79. The van der Waals surface area contributed by atoms with Gasteiger partial charge in [0.25, 0.3) is 0 Å². The monoisotopic (exact) mass is 375 g/mol. The van der Waals surface area contributed by atoms with Gasteiger partial charge in [0, 0.05) is 32.9 Å². The smallest absolute Gasteiger partial charge is 0.125 e. The maximum Gasteiger partial charge on any atom is 0.125 e. The van der Waals surface area contributed by atoms with Crippen LogP contribution in [0.1, 0.15) is 40.5 Å². The number of benzene rings is 3. The largest absolute Gasteiger partial charge is 0.237 e. The van der Waals surface area contributed by atoms with Gasteiger partial charge in [0.2, 0.25) is 0 Å². The van der Waals surface area contributed by atoms with E-state index in [1.807, 2.05) is 11.3 Å². The second kappa shape index (κ2) is 5.30. The molecule has 0 fully saturated rings. The van der Waals surface area contributed by atoms with Crippen LogP contribution >= 0.6 is 11.3 Å². The average molecular weight is 375 g/mol. The van der Waals surface area contributed by atoms with Gasteiger partial charge in [-0.1, -0.05) is 72.8 Å². The molecule has 2 aromatic heterocycles. The SMILES string of the molecule is c1ccc(-c2nc3sc4ccccc4c3c3c2C2CC3c3ccccc32)cc1. The normalized spacial score (nSPS) is 19.3. The number of rotatable bonds is 1. The van der Waals surface area contributed by atoms with E-state index in [9.17, 15) is 0 Å². The van der Waals surface area contributed by atoms with E-state index in [4.69, 9.17) is 4.98 Å². The predicted molar refractivity (Wildman–Crippen MR) is 117 cm³/mol. The number of thiophene rings is 1. The van der Waals surface area contributed by atoms with Crippen molar-refractivity contribution in [2.75, 3.05) is 0 Å². The molecule has 2 atom stereocenters. The van der Waals surface area contributed by atoms with Crippen molar-refractivity contribution in [3.63, 3.8) is 0 Å². The Kier molecular flexibility index (Phi) is 2.84. The standard InChI is InChI=1S/C26H17NS/c1-2-8-15(9-3-1)25-23-20-14-19(16-10-4-5-11-17(16)20)22(23)24-18-12-6-7-13-21(18)28-26(24)27-25/h1-13,19-20H,14H2. The fourth-order valence-corrected chi connectivity index (χ4v) is 6.60. The molecule has 2 bridgehead atoms. The van der Waals surface area contributed by atoms with Crippen LogP contribution < -0.4 is 0 Å². The second-order valence-electron chi connectivity index (χ2n) is 7.90. The van der Waals surface area contributed by atoms with Crippen LogP contribution in [-0.4, -0.2) is 4.98 Å². The highest BCUT2D eigenvalue weighted by Gasteiger charge is 2.44. The molecular weight excluding hydrogens is 358 g/mol. The molecule has 7 rings (SSSR count). The van der Waals surface area contributed by atoms with Crippen LogP contribution in [0.4, 0.5) is 0 Å². The molecule has 0 amide bonds.